The highest BCUT2D eigenvalue weighted by Crippen LogP contribution is 2.29. The van der Waals surface area contributed by atoms with Gasteiger partial charge in [0.05, 0.1) is 16.9 Å². The van der Waals surface area contributed by atoms with Crippen LogP contribution in [0.2, 0.25) is 0 Å². The van der Waals surface area contributed by atoms with Crippen molar-refractivity contribution in [3.8, 4) is 11.4 Å². The molecule has 1 amide bonds. The van der Waals surface area contributed by atoms with Crippen molar-refractivity contribution >= 4 is 40.0 Å². The van der Waals surface area contributed by atoms with Crippen LogP contribution in [0.4, 0.5) is 36.2 Å². The first-order valence-electron chi connectivity index (χ1n) is 11.9. The van der Waals surface area contributed by atoms with Crippen molar-refractivity contribution in [1.82, 2.24) is 24.8 Å². The van der Waals surface area contributed by atoms with Crippen molar-refractivity contribution in [2.24, 2.45) is 0 Å². The number of nitrogens with zero attached hydrogens (tertiary/aromatic N) is 5. The number of benzene rings is 2. The Kier molecular flexibility index (Phi) is 6.98. The topological polar surface area (TPSA) is 119 Å². The van der Waals surface area contributed by atoms with Gasteiger partial charge in [-0.2, -0.15) is 4.98 Å². The minimum Gasteiger partial charge on any atom is -0.367 e. The Bertz CT molecular complexity index is 1650. The molecule has 0 unspecified atom stereocenters. The number of fused-ring (bicyclic) bond motifs is 1. The predicted octanol–water partition coefficient (Wildman–Crippen LogP) is 3.42. The number of carbonyl (C=O) groups excluding carboxylic acids is 1. The van der Waals surface area contributed by atoms with Crippen LogP contribution in [0, 0.1) is 17.5 Å². The second-order valence-electron chi connectivity index (χ2n) is 8.91. The van der Waals surface area contributed by atoms with Crippen LogP contribution in [-0.2, 0) is 4.79 Å². The number of halogens is 3. The summed E-state index contributed by atoms with van der Waals surface area (Å²) in [6, 6.07) is 6.60. The molecule has 1 fully saturated rings. The van der Waals surface area contributed by atoms with Crippen LogP contribution < -0.4 is 21.1 Å². The fourth-order valence-electron chi connectivity index (χ4n) is 4.14. The summed E-state index contributed by atoms with van der Waals surface area (Å²) >= 11 is 0. The number of aromatic amines is 1. The molecule has 10 nitrogen and oxygen atoms in total. The molecule has 200 valence electrons. The summed E-state index contributed by atoms with van der Waals surface area (Å²) in [4.78, 5) is 43.0. The number of likely N-dealkylation sites (N-methyl/N-ethyl adjacent to an activating group) is 1. The molecule has 4 aromatic rings. The Hall–Kier alpha value is -4.78. The van der Waals surface area contributed by atoms with E-state index >= 15 is 0 Å². The number of H-pyrrole nitrogens is 1. The molecular weight excluding hydrogens is 513 g/mol. The maximum Gasteiger partial charge on any atom is 0.262 e. The summed E-state index contributed by atoms with van der Waals surface area (Å²) in [5, 5.41) is 5.12. The lowest BCUT2D eigenvalue weighted by Gasteiger charge is -2.34. The summed E-state index contributed by atoms with van der Waals surface area (Å²) in [5.74, 6) is -3.62. The number of aromatic nitrogens is 4. The lowest BCUT2D eigenvalue weighted by Crippen LogP contribution is -2.44. The van der Waals surface area contributed by atoms with Crippen molar-refractivity contribution in [3.63, 3.8) is 0 Å². The first kappa shape index (κ1) is 25.9. The number of rotatable bonds is 6. The van der Waals surface area contributed by atoms with Gasteiger partial charge in [-0.25, -0.2) is 23.1 Å². The Morgan fingerprint density at radius 2 is 1.85 bits per heavy atom. The van der Waals surface area contributed by atoms with Crippen molar-refractivity contribution in [2.75, 3.05) is 48.8 Å². The highest BCUT2D eigenvalue weighted by Gasteiger charge is 2.22. The van der Waals surface area contributed by atoms with Gasteiger partial charge in [-0.15, -0.1) is 0 Å². The Labute approximate surface area is 220 Å². The molecule has 3 heterocycles. The van der Waals surface area contributed by atoms with Gasteiger partial charge in [0.15, 0.2) is 17.3 Å². The first-order chi connectivity index (χ1) is 18.7. The van der Waals surface area contributed by atoms with Gasteiger partial charge in [0, 0.05) is 38.1 Å². The summed E-state index contributed by atoms with van der Waals surface area (Å²) in [6.07, 6.45) is 2.23. The third-order valence-corrected chi connectivity index (χ3v) is 6.29. The molecule has 0 aliphatic carbocycles. The van der Waals surface area contributed by atoms with E-state index in [1.54, 1.807) is 4.90 Å². The van der Waals surface area contributed by atoms with E-state index in [-0.39, 0.29) is 45.4 Å². The van der Waals surface area contributed by atoms with Crippen molar-refractivity contribution in [1.29, 1.82) is 0 Å². The van der Waals surface area contributed by atoms with Gasteiger partial charge in [0.2, 0.25) is 11.9 Å². The predicted molar refractivity (Wildman–Crippen MR) is 142 cm³/mol. The number of carbonyl (C=O) groups is 1. The number of amides is 1. The SMILES string of the molecule is C=CC(=O)Nc1ccc(F)c(-c2nc3nc(Nc4ccc(N5CCN(C)CC5)c(F)c4F)ncc3c(=O)[nH]2)c1. The van der Waals surface area contributed by atoms with Gasteiger partial charge in [-0.05, 0) is 43.5 Å². The standard InChI is InChI=1S/C26H23F3N8O2/c1-3-20(38)31-14-4-5-17(27)15(12-14)23-33-24-16(25(39)34-23)13-30-26(35-24)32-18-6-7-19(22(29)21(18)28)37-10-8-36(2)9-11-37/h3-7,12-13H,1,8-11H2,2H3,(H,31,38)(H2,30,32,33,34,35,39). The lowest BCUT2D eigenvalue weighted by molar-refractivity contribution is -0.111. The average molecular weight is 537 g/mol. The molecule has 0 spiro atoms. The molecule has 1 aliphatic heterocycles. The maximum absolute atomic E-state index is 15.0. The van der Waals surface area contributed by atoms with E-state index in [2.05, 4.69) is 42.0 Å². The summed E-state index contributed by atoms with van der Waals surface area (Å²) < 4.78 is 44.5. The summed E-state index contributed by atoms with van der Waals surface area (Å²) in [7, 11) is 1.97. The molecule has 0 atom stereocenters. The van der Waals surface area contributed by atoms with Gasteiger partial charge in [-0.3, -0.25) is 9.59 Å². The number of piperazine rings is 1. The van der Waals surface area contributed by atoms with Crippen LogP contribution in [0.25, 0.3) is 22.4 Å². The molecule has 1 aliphatic rings. The van der Waals surface area contributed by atoms with E-state index in [4.69, 9.17) is 0 Å². The van der Waals surface area contributed by atoms with Crippen LogP contribution in [0.5, 0.6) is 0 Å². The zero-order valence-corrected chi connectivity index (χ0v) is 20.8. The van der Waals surface area contributed by atoms with E-state index < -0.39 is 28.9 Å². The fraction of sp³-hybridized carbons (Fsp3) is 0.192. The number of nitrogens with one attached hydrogen (secondary N) is 3. The second kappa shape index (κ2) is 10.5. The molecule has 0 saturated carbocycles. The summed E-state index contributed by atoms with van der Waals surface area (Å²) in [6.45, 7) is 5.97. The van der Waals surface area contributed by atoms with Crippen LogP contribution >= 0.6 is 0 Å². The Morgan fingerprint density at radius 1 is 1.08 bits per heavy atom. The largest absolute Gasteiger partial charge is 0.367 e. The quantitative estimate of drug-likeness (QED) is 0.321. The van der Waals surface area contributed by atoms with Crippen molar-refractivity contribution in [2.45, 2.75) is 0 Å². The van der Waals surface area contributed by atoms with Crippen LogP contribution in [0.15, 0.2) is 54.0 Å². The Balaban J connectivity index is 1.46. The van der Waals surface area contributed by atoms with Crippen LogP contribution in [-0.4, -0.2) is 64.0 Å². The number of hydrogen-bond donors (Lipinski definition) is 3. The van der Waals surface area contributed by atoms with E-state index in [1.807, 2.05) is 7.05 Å². The average Bonchev–Trinajstić information content (AvgIpc) is 2.93. The van der Waals surface area contributed by atoms with E-state index in [9.17, 15) is 22.8 Å². The molecule has 2 aromatic heterocycles. The monoisotopic (exact) mass is 536 g/mol. The zero-order valence-electron chi connectivity index (χ0n) is 20.8. The first-order valence-corrected chi connectivity index (χ1v) is 11.9. The second-order valence-corrected chi connectivity index (χ2v) is 8.91. The zero-order chi connectivity index (χ0) is 27.7. The smallest absolute Gasteiger partial charge is 0.262 e. The molecular formula is C26H23F3N8O2. The van der Waals surface area contributed by atoms with Gasteiger partial charge in [-0.1, -0.05) is 6.58 Å². The van der Waals surface area contributed by atoms with Gasteiger partial charge >= 0.3 is 0 Å². The maximum atomic E-state index is 15.0. The number of anilines is 4. The highest BCUT2D eigenvalue weighted by atomic mass is 19.2. The molecule has 13 heteroatoms. The van der Waals surface area contributed by atoms with Gasteiger partial charge in [0.25, 0.3) is 5.56 Å². The minimum atomic E-state index is -1.10. The molecule has 39 heavy (non-hydrogen) atoms. The van der Waals surface area contributed by atoms with Crippen LogP contribution in [0.1, 0.15) is 0 Å². The molecule has 2 aromatic carbocycles. The van der Waals surface area contributed by atoms with Crippen LogP contribution in [0.3, 0.4) is 0 Å². The summed E-state index contributed by atoms with van der Waals surface area (Å²) in [5.41, 5.74) is -0.641. The van der Waals surface area contributed by atoms with Crippen molar-refractivity contribution in [3.05, 3.63) is 77.0 Å². The molecule has 3 N–H and O–H groups in total. The van der Waals surface area contributed by atoms with E-state index in [1.165, 1.54) is 30.5 Å². The molecule has 5 rings (SSSR count). The minimum absolute atomic E-state index is 0.00195. The normalized spacial score (nSPS) is 13.9. The van der Waals surface area contributed by atoms with Crippen molar-refractivity contribution < 1.29 is 18.0 Å². The third-order valence-electron chi connectivity index (χ3n) is 6.29. The third kappa shape index (κ3) is 5.29. The lowest BCUT2D eigenvalue weighted by atomic mass is 10.1. The van der Waals surface area contributed by atoms with Gasteiger partial charge in [0.1, 0.15) is 17.0 Å². The van der Waals surface area contributed by atoms with E-state index in [0.717, 1.165) is 25.2 Å². The fourth-order valence-corrected chi connectivity index (χ4v) is 4.14. The van der Waals surface area contributed by atoms with Gasteiger partial charge < -0.3 is 25.4 Å². The molecule has 0 radical (unpaired) electrons. The van der Waals surface area contributed by atoms with E-state index in [0.29, 0.717) is 13.1 Å². The Morgan fingerprint density at radius 3 is 2.59 bits per heavy atom. The molecule has 0 bridgehead atoms. The number of hydrogen-bond acceptors (Lipinski definition) is 8. The highest BCUT2D eigenvalue weighted by molar-refractivity contribution is 5.99. The molecule has 1 saturated heterocycles.